The van der Waals surface area contributed by atoms with E-state index < -0.39 is 0 Å². The molecule has 1 fully saturated rings. The summed E-state index contributed by atoms with van der Waals surface area (Å²) in [6.07, 6.45) is 7.22. The SMILES string of the molecule is N[C@H]1CC[C@@H](c2nnc3cnc4c(n32)CCN4)CC1. The maximum absolute atomic E-state index is 5.99. The molecular formula is C13H18N6. The largest absolute Gasteiger partial charge is 0.368 e. The smallest absolute Gasteiger partial charge is 0.179 e. The van der Waals surface area contributed by atoms with Gasteiger partial charge in [-0.15, -0.1) is 10.2 Å². The van der Waals surface area contributed by atoms with Crippen LogP contribution >= 0.6 is 0 Å². The Morgan fingerprint density at radius 3 is 2.89 bits per heavy atom. The standard InChI is InChI=1S/C13H18N6/c14-9-3-1-8(2-4-9)13-18-17-11-7-16-12-10(19(11)13)5-6-15-12/h7-9,15H,1-6,14H2/t8-,9+. The Hall–Kier alpha value is -1.69. The maximum Gasteiger partial charge on any atom is 0.179 e. The van der Waals surface area contributed by atoms with Gasteiger partial charge in [0.2, 0.25) is 0 Å². The summed E-state index contributed by atoms with van der Waals surface area (Å²) in [5.41, 5.74) is 8.09. The van der Waals surface area contributed by atoms with Gasteiger partial charge in [0, 0.05) is 24.9 Å². The van der Waals surface area contributed by atoms with Gasteiger partial charge in [0.15, 0.2) is 5.65 Å². The molecule has 2 aromatic rings. The summed E-state index contributed by atoms with van der Waals surface area (Å²) >= 11 is 0. The number of fused-ring (bicyclic) bond motifs is 3. The van der Waals surface area contributed by atoms with Crippen LogP contribution in [0.3, 0.4) is 0 Å². The fourth-order valence-corrected chi connectivity index (χ4v) is 3.29. The molecule has 1 aliphatic heterocycles. The number of rotatable bonds is 1. The molecule has 0 amide bonds. The van der Waals surface area contributed by atoms with Crippen LogP contribution in [-0.4, -0.2) is 32.2 Å². The van der Waals surface area contributed by atoms with Crippen LogP contribution < -0.4 is 11.1 Å². The Kier molecular flexibility index (Phi) is 2.44. The second-order valence-electron chi connectivity index (χ2n) is 5.59. The van der Waals surface area contributed by atoms with Gasteiger partial charge in [-0.05, 0) is 25.7 Å². The van der Waals surface area contributed by atoms with Gasteiger partial charge in [-0.3, -0.25) is 4.40 Å². The molecule has 19 heavy (non-hydrogen) atoms. The highest BCUT2D eigenvalue weighted by Crippen LogP contribution is 2.33. The average molecular weight is 258 g/mol. The molecular weight excluding hydrogens is 240 g/mol. The van der Waals surface area contributed by atoms with Gasteiger partial charge in [-0.1, -0.05) is 0 Å². The van der Waals surface area contributed by atoms with Crippen molar-refractivity contribution < 1.29 is 0 Å². The number of nitrogens with two attached hydrogens (primary N) is 1. The van der Waals surface area contributed by atoms with Crippen LogP contribution in [0, 0.1) is 0 Å². The van der Waals surface area contributed by atoms with Crippen molar-refractivity contribution in [2.24, 2.45) is 5.73 Å². The third-order valence-corrected chi connectivity index (χ3v) is 4.36. The number of anilines is 1. The quantitative estimate of drug-likeness (QED) is 0.800. The van der Waals surface area contributed by atoms with Crippen molar-refractivity contribution >= 4 is 11.5 Å². The van der Waals surface area contributed by atoms with Gasteiger partial charge in [0.1, 0.15) is 11.6 Å². The zero-order valence-electron chi connectivity index (χ0n) is 10.8. The first kappa shape index (κ1) is 11.2. The minimum absolute atomic E-state index is 0.365. The van der Waals surface area contributed by atoms with E-state index in [0.29, 0.717) is 12.0 Å². The lowest BCUT2D eigenvalue weighted by Gasteiger charge is -2.25. The molecule has 1 saturated carbocycles. The molecule has 100 valence electrons. The molecule has 0 spiro atoms. The second-order valence-corrected chi connectivity index (χ2v) is 5.59. The van der Waals surface area contributed by atoms with Crippen molar-refractivity contribution in [3.63, 3.8) is 0 Å². The van der Waals surface area contributed by atoms with Crippen molar-refractivity contribution in [3.05, 3.63) is 17.7 Å². The van der Waals surface area contributed by atoms with E-state index >= 15 is 0 Å². The fourth-order valence-electron chi connectivity index (χ4n) is 3.29. The summed E-state index contributed by atoms with van der Waals surface area (Å²) in [7, 11) is 0. The molecule has 0 aromatic carbocycles. The maximum atomic E-state index is 5.99. The van der Waals surface area contributed by atoms with Crippen LogP contribution in [0.5, 0.6) is 0 Å². The molecule has 0 radical (unpaired) electrons. The molecule has 6 nitrogen and oxygen atoms in total. The Morgan fingerprint density at radius 2 is 2.05 bits per heavy atom. The highest BCUT2D eigenvalue weighted by atomic mass is 15.3. The molecule has 0 bridgehead atoms. The number of nitrogens with zero attached hydrogens (tertiary/aromatic N) is 4. The Balaban J connectivity index is 1.80. The molecule has 4 rings (SSSR count). The van der Waals surface area contributed by atoms with Crippen molar-refractivity contribution in [2.45, 2.75) is 44.1 Å². The zero-order valence-corrected chi connectivity index (χ0v) is 10.8. The Bertz CT molecular complexity index is 611. The Labute approximate surface area is 111 Å². The normalized spacial score (nSPS) is 26.4. The molecule has 3 heterocycles. The molecule has 0 atom stereocenters. The van der Waals surface area contributed by atoms with Crippen LogP contribution in [-0.2, 0) is 6.42 Å². The lowest BCUT2D eigenvalue weighted by atomic mass is 9.86. The molecule has 3 N–H and O–H groups in total. The van der Waals surface area contributed by atoms with Crippen LogP contribution in [0.15, 0.2) is 6.20 Å². The van der Waals surface area contributed by atoms with Gasteiger partial charge >= 0.3 is 0 Å². The Morgan fingerprint density at radius 1 is 1.21 bits per heavy atom. The molecule has 2 aromatic heterocycles. The third-order valence-electron chi connectivity index (χ3n) is 4.36. The first-order valence-electron chi connectivity index (χ1n) is 7.05. The number of hydrogen-bond acceptors (Lipinski definition) is 5. The highest BCUT2D eigenvalue weighted by Gasteiger charge is 2.26. The van der Waals surface area contributed by atoms with Crippen molar-refractivity contribution in [1.82, 2.24) is 19.6 Å². The summed E-state index contributed by atoms with van der Waals surface area (Å²) in [6, 6.07) is 0.365. The molecule has 2 aliphatic rings. The van der Waals surface area contributed by atoms with Crippen LogP contribution in [0.1, 0.15) is 43.1 Å². The topological polar surface area (TPSA) is 81.1 Å². The monoisotopic (exact) mass is 258 g/mol. The van der Waals surface area contributed by atoms with Gasteiger partial charge < -0.3 is 11.1 Å². The number of hydrogen-bond donors (Lipinski definition) is 2. The van der Waals surface area contributed by atoms with E-state index in [4.69, 9.17) is 5.73 Å². The van der Waals surface area contributed by atoms with Gasteiger partial charge in [0.25, 0.3) is 0 Å². The van der Waals surface area contributed by atoms with Gasteiger partial charge in [-0.2, -0.15) is 0 Å². The fraction of sp³-hybridized carbons (Fsp3) is 0.615. The van der Waals surface area contributed by atoms with E-state index in [2.05, 4.69) is 24.9 Å². The zero-order chi connectivity index (χ0) is 12.8. The van der Waals surface area contributed by atoms with E-state index in [1.54, 1.807) is 0 Å². The van der Waals surface area contributed by atoms with Gasteiger partial charge in [-0.25, -0.2) is 4.98 Å². The summed E-state index contributed by atoms with van der Waals surface area (Å²) < 4.78 is 2.21. The minimum Gasteiger partial charge on any atom is -0.368 e. The van der Waals surface area contributed by atoms with Crippen LogP contribution in [0.4, 0.5) is 5.82 Å². The van der Waals surface area contributed by atoms with Crippen LogP contribution in [0.25, 0.3) is 5.65 Å². The number of nitrogens with one attached hydrogen (secondary N) is 1. The van der Waals surface area contributed by atoms with Crippen molar-refractivity contribution in [3.8, 4) is 0 Å². The van der Waals surface area contributed by atoms with Crippen molar-refractivity contribution in [2.75, 3.05) is 11.9 Å². The molecule has 0 saturated heterocycles. The predicted molar refractivity (Wildman–Crippen MR) is 72.2 cm³/mol. The van der Waals surface area contributed by atoms with Gasteiger partial charge in [0.05, 0.1) is 11.9 Å². The average Bonchev–Trinajstić information content (AvgIpc) is 3.04. The lowest BCUT2D eigenvalue weighted by Crippen LogP contribution is -2.26. The molecule has 1 aliphatic carbocycles. The molecule has 6 heteroatoms. The summed E-state index contributed by atoms with van der Waals surface area (Å²) in [5, 5.41) is 12.0. The summed E-state index contributed by atoms with van der Waals surface area (Å²) in [6.45, 7) is 0.953. The minimum atomic E-state index is 0.365. The van der Waals surface area contributed by atoms with E-state index in [1.807, 2.05) is 6.20 Å². The van der Waals surface area contributed by atoms with E-state index in [-0.39, 0.29) is 0 Å². The lowest BCUT2D eigenvalue weighted by molar-refractivity contribution is 0.382. The summed E-state index contributed by atoms with van der Waals surface area (Å²) in [4.78, 5) is 4.40. The first-order valence-corrected chi connectivity index (χ1v) is 7.05. The van der Waals surface area contributed by atoms with E-state index in [1.165, 1.54) is 5.69 Å². The molecule has 0 unspecified atom stereocenters. The highest BCUT2D eigenvalue weighted by molar-refractivity contribution is 5.52. The van der Waals surface area contributed by atoms with Crippen LogP contribution in [0.2, 0.25) is 0 Å². The second kappa shape index (κ2) is 4.16. The van der Waals surface area contributed by atoms with E-state index in [9.17, 15) is 0 Å². The first-order chi connectivity index (χ1) is 9.33. The summed E-state index contributed by atoms with van der Waals surface area (Å²) in [5.74, 6) is 2.58. The number of aromatic nitrogens is 4. The van der Waals surface area contributed by atoms with Crippen molar-refractivity contribution in [1.29, 1.82) is 0 Å². The predicted octanol–water partition coefficient (Wildman–Crippen LogP) is 1.08. The third kappa shape index (κ3) is 1.70. The van der Waals surface area contributed by atoms with E-state index in [0.717, 1.165) is 55.9 Å².